The van der Waals surface area contributed by atoms with Gasteiger partial charge in [-0.1, -0.05) is 6.92 Å². The molecule has 7 heteroatoms. The monoisotopic (exact) mass is 340 g/mol. The van der Waals surface area contributed by atoms with Crippen molar-refractivity contribution in [3.63, 3.8) is 0 Å². The van der Waals surface area contributed by atoms with E-state index in [0.717, 1.165) is 16.3 Å². The lowest BCUT2D eigenvalue weighted by atomic mass is 10.2. The Hall–Kier alpha value is -1.44. The van der Waals surface area contributed by atoms with Crippen molar-refractivity contribution in [1.29, 1.82) is 0 Å². The molecule has 0 aliphatic rings. The second-order valence-corrected chi connectivity index (χ2v) is 7.79. The zero-order valence-electron chi connectivity index (χ0n) is 13.1. The van der Waals surface area contributed by atoms with Crippen LogP contribution in [0.2, 0.25) is 0 Å². The first kappa shape index (κ1) is 16.9. The fraction of sp³-hybridized carbons (Fsp3) is 0.400. The number of rotatable bonds is 6. The average molecular weight is 340 g/mol. The van der Waals surface area contributed by atoms with Gasteiger partial charge in [-0.15, -0.1) is 11.3 Å². The molecule has 0 saturated carbocycles. The van der Waals surface area contributed by atoms with Gasteiger partial charge in [0.1, 0.15) is 10.6 Å². The fourth-order valence-electron chi connectivity index (χ4n) is 1.95. The third-order valence-corrected chi connectivity index (χ3v) is 5.72. The minimum Gasteiger partial charge on any atom is -0.495 e. The molecule has 1 heterocycles. The Kier molecular flexibility index (Phi) is 5.20. The van der Waals surface area contributed by atoms with Gasteiger partial charge in [-0.2, -0.15) is 0 Å². The van der Waals surface area contributed by atoms with Gasteiger partial charge >= 0.3 is 0 Å². The van der Waals surface area contributed by atoms with E-state index in [9.17, 15) is 8.42 Å². The number of sulfonamides is 1. The topological polar surface area (TPSA) is 68.3 Å². The molecule has 0 aliphatic heterocycles. The summed E-state index contributed by atoms with van der Waals surface area (Å²) in [5.41, 5.74) is 1.53. The molecule has 1 aromatic heterocycles. The zero-order chi connectivity index (χ0) is 16.3. The Balaban J connectivity index is 2.49. The Bertz CT molecular complexity index is 754. The second-order valence-electron chi connectivity index (χ2n) is 5.05. The molecule has 120 valence electrons. The maximum Gasteiger partial charge on any atom is 0.244 e. The minimum atomic E-state index is -3.64. The molecule has 22 heavy (non-hydrogen) atoms. The number of nitrogens with zero attached hydrogens (tertiary/aromatic N) is 1. The molecule has 2 rings (SSSR count). The van der Waals surface area contributed by atoms with Gasteiger partial charge in [0.05, 0.1) is 17.8 Å². The maximum absolute atomic E-state index is 12.6. The molecule has 1 N–H and O–H groups in total. The van der Waals surface area contributed by atoms with Crippen molar-refractivity contribution in [2.45, 2.75) is 38.1 Å². The first-order valence-corrected chi connectivity index (χ1v) is 9.36. The van der Waals surface area contributed by atoms with Crippen molar-refractivity contribution in [3.8, 4) is 17.0 Å². The van der Waals surface area contributed by atoms with Crippen LogP contribution in [0.3, 0.4) is 0 Å². The maximum atomic E-state index is 12.6. The van der Waals surface area contributed by atoms with Gasteiger partial charge < -0.3 is 4.74 Å². The predicted octanol–water partition coefficient (Wildman–Crippen LogP) is 3.20. The summed E-state index contributed by atoms with van der Waals surface area (Å²) < 4.78 is 33.0. The molecule has 0 spiro atoms. The lowest BCUT2D eigenvalue weighted by Gasteiger charge is -2.15. The van der Waals surface area contributed by atoms with Crippen LogP contribution in [0.1, 0.15) is 25.3 Å². The van der Waals surface area contributed by atoms with E-state index in [-0.39, 0.29) is 10.9 Å². The van der Waals surface area contributed by atoms with Crippen molar-refractivity contribution in [2.24, 2.45) is 0 Å². The van der Waals surface area contributed by atoms with Crippen molar-refractivity contribution < 1.29 is 13.2 Å². The summed E-state index contributed by atoms with van der Waals surface area (Å²) in [6.45, 7) is 5.68. The number of hydrogen-bond donors (Lipinski definition) is 1. The molecule has 1 aromatic carbocycles. The SMILES string of the molecule is CCC(C)NS(=O)(=O)c1cc(-c2csc(C)n2)ccc1OC. The van der Waals surface area contributed by atoms with Gasteiger partial charge in [0.2, 0.25) is 10.0 Å². The summed E-state index contributed by atoms with van der Waals surface area (Å²) in [7, 11) is -2.17. The van der Waals surface area contributed by atoms with Crippen molar-refractivity contribution in [2.75, 3.05) is 7.11 Å². The van der Waals surface area contributed by atoms with E-state index in [1.54, 1.807) is 12.1 Å². The third-order valence-electron chi connectivity index (χ3n) is 3.34. The van der Waals surface area contributed by atoms with Crippen LogP contribution in [0.4, 0.5) is 0 Å². The van der Waals surface area contributed by atoms with Crippen LogP contribution in [-0.2, 0) is 10.0 Å². The zero-order valence-corrected chi connectivity index (χ0v) is 14.7. The summed E-state index contributed by atoms with van der Waals surface area (Å²) >= 11 is 1.53. The predicted molar refractivity (Wildman–Crippen MR) is 88.9 cm³/mol. The van der Waals surface area contributed by atoms with E-state index < -0.39 is 10.0 Å². The summed E-state index contributed by atoms with van der Waals surface area (Å²) in [6, 6.07) is 4.95. The number of aromatic nitrogens is 1. The van der Waals surface area contributed by atoms with Gasteiger partial charge in [-0.05, 0) is 38.5 Å². The first-order valence-electron chi connectivity index (χ1n) is 7.00. The Labute approximate surface area is 135 Å². The molecule has 1 atom stereocenters. The lowest BCUT2D eigenvalue weighted by molar-refractivity contribution is 0.402. The molecule has 0 saturated heterocycles. The largest absolute Gasteiger partial charge is 0.495 e. The van der Waals surface area contributed by atoms with E-state index in [1.165, 1.54) is 18.4 Å². The summed E-state index contributed by atoms with van der Waals surface area (Å²) in [5.74, 6) is 0.325. The number of nitrogens with one attached hydrogen (secondary N) is 1. The Morgan fingerprint density at radius 2 is 2.14 bits per heavy atom. The van der Waals surface area contributed by atoms with E-state index >= 15 is 0 Å². The normalized spacial score (nSPS) is 13.1. The van der Waals surface area contributed by atoms with Gasteiger partial charge in [0.25, 0.3) is 0 Å². The molecular weight excluding hydrogens is 320 g/mol. The van der Waals surface area contributed by atoms with Gasteiger partial charge in [-0.25, -0.2) is 18.1 Å². The van der Waals surface area contributed by atoms with Crippen LogP contribution < -0.4 is 9.46 Å². The highest BCUT2D eigenvalue weighted by Crippen LogP contribution is 2.30. The van der Waals surface area contributed by atoms with Crippen molar-refractivity contribution in [3.05, 3.63) is 28.6 Å². The number of aryl methyl sites for hydroxylation is 1. The van der Waals surface area contributed by atoms with E-state index in [0.29, 0.717) is 12.2 Å². The number of benzene rings is 1. The standard InChI is InChI=1S/C15H20N2O3S2/c1-5-10(2)17-22(18,19)15-8-12(6-7-14(15)20-4)13-9-21-11(3)16-13/h6-10,17H,5H2,1-4H3. The fourth-order valence-corrected chi connectivity index (χ4v) is 4.10. The van der Waals surface area contributed by atoms with Gasteiger partial charge in [0, 0.05) is 17.0 Å². The van der Waals surface area contributed by atoms with Crippen molar-refractivity contribution in [1.82, 2.24) is 9.71 Å². The molecule has 1 unspecified atom stereocenters. The Morgan fingerprint density at radius 3 is 2.68 bits per heavy atom. The Morgan fingerprint density at radius 1 is 1.41 bits per heavy atom. The van der Waals surface area contributed by atoms with Gasteiger partial charge in [-0.3, -0.25) is 0 Å². The van der Waals surface area contributed by atoms with E-state index in [1.807, 2.05) is 32.2 Å². The number of thiazole rings is 1. The second kappa shape index (κ2) is 6.76. The van der Waals surface area contributed by atoms with Crippen LogP contribution in [0.5, 0.6) is 5.75 Å². The van der Waals surface area contributed by atoms with E-state index in [4.69, 9.17) is 4.74 Å². The third kappa shape index (κ3) is 3.66. The molecule has 2 aromatic rings. The number of methoxy groups -OCH3 is 1. The first-order chi connectivity index (χ1) is 10.4. The summed E-state index contributed by atoms with van der Waals surface area (Å²) in [5, 5.41) is 2.85. The summed E-state index contributed by atoms with van der Waals surface area (Å²) in [6.07, 6.45) is 0.715. The highest BCUT2D eigenvalue weighted by Gasteiger charge is 2.22. The molecule has 0 amide bonds. The molecule has 5 nitrogen and oxygen atoms in total. The van der Waals surface area contributed by atoms with Crippen LogP contribution in [0.25, 0.3) is 11.3 Å². The molecule has 0 bridgehead atoms. The van der Waals surface area contributed by atoms with E-state index in [2.05, 4.69) is 9.71 Å². The highest BCUT2D eigenvalue weighted by atomic mass is 32.2. The molecular formula is C15H20N2O3S2. The average Bonchev–Trinajstić information content (AvgIpc) is 2.92. The molecule has 0 fully saturated rings. The number of hydrogen-bond acceptors (Lipinski definition) is 5. The van der Waals surface area contributed by atoms with Crippen LogP contribution in [-0.4, -0.2) is 26.6 Å². The highest BCUT2D eigenvalue weighted by molar-refractivity contribution is 7.89. The summed E-state index contributed by atoms with van der Waals surface area (Å²) in [4.78, 5) is 4.54. The number of ether oxygens (including phenoxy) is 1. The quantitative estimate of drug-likeness (QED) is 0.877. The van der Waals surface area contributed by atoms with Crippen LogP contribution in [0, 0.1) is 6.92 Å². The lowest BCUT2D eigenvalue weighted by Crippen LogP contribution is -2.32. The van der Waals surface area contributed by atoms with Crippen LogP contribution >= 0.6 is 11.3 Å². The van der Waals surface area contributed by atoms with Crippen molar-refractivity contribution >= 4 is 21.4 Å². The minimum absolute atomic E-state index is 0.137. The smallest absolute Gasteiger partial charge is 0.244 e. The van der Waals surface area contributed by atoms with Gasteiger partial charge in [0.15, 0.2) is 0 Å². The molecule has 0 radical (unpaired) electrons. The van der Waals surface area contributed by atoms with Crippen LogP contribution in [0.15, 0.2) is 28.5 Å². The molecule has 0 aliphatic carbocycles.